The molecule has 0 aliphatic heterocycles. The molecule has 1 saturated carbocycles. The van der Waals surface area contributed by atoms with Crippen LogP contribution in [0.1, 0.15) is 18.4 Å². The number of rotatable bonds is 5. The van der Waals surface area contributed by atoms with Gasteiger partial charge in [0.2, 0.25) is 0 Å². The second-order valence-corrected chi connectivity index (χ2v) is 4.59. The van der Waals surface area contributed by atoms with Crippen LogP contribution in [0.4, 0.5) is 14.9 Å². The van der Waals surface area contributed by atoms with Crippen molar-refractivity contribution < 1.29 is 23.8 Å². The van der Waals surface area contributed by atoms with E-state index < -0.39 is 23.3 Å². The van der Waals surface area contributed by atoms with Crippen molar-refractivity contribution in [1.29, 1.82) is 0 Å². The Morgan fingerprint density at radius 2 is 2.20 bits per heavy atom. The molecule has 1 aromatic rings. The van der Waals surface area contributed by atoms with Gasteiger partial charge in [0, 0.05) is 11.3 Å². The van der Waals surface area contributed by atoms with E-state index in [9.17, 15) is 14.0 Å². The van der Waals surface area contributed by atoms with Gasteiger partial charge in [0.15, 0.2) is 0 Å². The minimum absolute atomic E-state index is 0.0501. The van der Waals surface area contributed by atoms with Crippen LogP contribution in [0.3, 0.4) is 0 Å². The number of amides is 1. The highest BCUT2D eigenvalue weighted by Crippen LogP contribution is 2.49. The molecule has 1 aliphatic rings. The van der Waals surface area contributed by atoms with E-state index in [1.807, 2.05) is 0 Å². The zero-order valence-corrected chi connectivity index (χ0v) is 10.7. The quantitative estimate of drug-likeness (QED) is 0.812. The predicted molar refractivity (Wildman–Crippen MR) is 70.1 cm³/mol. The van der Waals surface area contributed by atoms with Crippen molar-refractivity contribution in [2.45, 2.75) is 18.3 Å². The van der Waals surface area contributed by atoms with E-state index in [0.29, 0.717) is 12.8 Å². The number of carboxylic acids is 1. The molecular weight excluding hydrogens is 265 g/mol. The maximum atomic E-state index is 14.0. The summed E-state index contributed by atoms with van der Waals surface area (Å²) < 4.78 is 18.7. The molecule has 0 aromatic heterocycles. The summed E-state index contributed by atoms with van der Waals surface area (Å²) in [6.07, 6.45) is 1.53. The first-order valence-corrected chi connectivity index (χ1v) is 6.08. The average molecular weight is 279 g/mol. The fourth-order valence-electron chi connectivity index (χ4n) is 1.99. The molecule has 1 amide bonds. The summed E-state index contributed by atoms with van der Waals surface area (Å²) in [4.78, 5) is 22.4. The van der Waals surface area contributed by atoms with Crippen molar-refractivity contribution in [2.75, 3.05) is 11.9 Å². The van der Waals surface area contributed by atoms with Crippen molar-refractivity contribution in [3.63, 3.8) is 0 Å². The monoisotopic (exact) mass is 279 g/mol. The Bertz CT molecular complexity index is 566. The van der Waals surface area contributed by atoms with Crippen molar-refractivity contribution in [3.8, 4) is 0 Å². The Morgan fingerprint density at radius 1 is 1.50 bits per heavy atom. The molecule has 0 radical (unpaired) electrons. The van der Waals surface area contributed by atoms with Crippen LogP contribution < -0.4 is 5.32 Å². The van der Waals surface area contributed by atoms with Gasteiger partial charge in [-0.3, -0.25) is 10.1 Å². The minimum Gasteiger partial charge on any atom is -0.481 e. The number of carboxylic acid groups (broad SMARTS) is 1. The Morgan fingerprint density at radius 3 is 2.70 bits per heavy atom. The SMILES string of the molecule is C=CCOC(=O)Nc1ccc(C2(C(=O)O)CC2)c(F)c1. The number of nitrogens with one attached hydrogen (secondary N) is 1. The highest BCUT2D eigenvalue weighted by atomic mass is 19.1. The van der Waals surface area contributed by atoms with Gasteiger partial charge in [-0.15, -0.1) is 0 Å². The number of hydrogen-bond acceptors (Lipinski definition) is 3. The van der Waals surface area contributed by atoms with Crippen LogP contribution in [0.5, 0.6) is 0 Å². The molecule has 0 spiro atoms. The highest BCUT2D eigenvalue weighted by molar-refractivity contribution is 5.87. The van der Waals surface area contributed by atoms with Crippen LogP contribution in [-0.4, -0.2) is 23.8 Å². The van der Waals surface area contributed by atoms with Crippen LogP contribution >= 0.6 is 0 Å². The molecule has 0 atom stereocenters. The molecular formula is C14H14FNO4. The number of hydrogen-bond donors (Lipinski definition) is 2. The zero-order valence-electron chi connectivity index (χ0n) is 10.7. The van der Waals surface area contributed by atoms with Crippen LogP contribution in [0.2, 0.25) is 0 Å². The van der Waals surface area contributed by atoms with Gasteiger partial charge in [-0.1, -0.05) is 18.7 Å². The summed E-state index contributed by atoms with van der Waals surface area (Å²) in [5, 5.41) is 11.5. The van der Waals surface area contributed by atoms with Crippen LogP contribution in [-0.2, 0) is 14.9 Å². The molecule has 1 aliphatic carbocycles. The first-order valence-electron chi connectivity index (χ1n) is 6.08. The van der Waals surface area contributed by atoms with E-state index in [-0.39, 0.29) is 17.9 Å². The lowest BCUT2D eigenvalue weighted by Gasteiger charge is -2.12. The Kier molecular flexibility index (Phi) is 3.74. The lowest BCUT2D eigenvalue weighted by Crippen LogP contribution is -2.21. The van der Waals surface area contributed by atoms with Gasteiger partial charge < -0.3 is 9.84 Å². The van der Waals surface area contributed by atoms with E-state index >= 15 is 0 Å². The molecule has 5 nitrogen and oxygen atoms in total. The zero-order chi connectivity index (χ0) is 14.8. The molecule has 0 saturated heterocycles. The van der Waals surface area contributed by atoms with Gasteiger partial charge in [0.05, 0.1) is 5.41 Å². The maximum Gasteiger partial charge on any atom is 0.411 e. The van der Waals surface area contributed by atoms with E-state index in [1.165, 1.54) is 18.2 Å². The van der Waals surface area contributed by atoms with Crippen molar-refractivity contribution in [1.82, 2.24) is 0 Å². The van der Waals surface area contributed by atoms with Crippen molar-refractivity contribution in [3.05, 3.63) is 42.2 Å². The third kappa shape index (κ3) is 2.64. The maximum absolute atomic E-state index is 14.0. The van der Waals surface area contributed by atoms with Gasteiger partial charge >= 0.3 is 12.1 Å². The molecule has 106 valence electrons. The number of ether oxygens (including phenoxy) is 1. The summed E-state index contributed by atoms with van der Waals surface area (Å²) in [6.45, 7) is 3.45. The number of halogens is 1. The van der Waals surface area contributed by atoms with E-state index in [1.54, 1.807) is 0 Å². The molecule has 0 bridgehead atoms. The van der Waals surface area contributed by atoms with Crippen molar-refractivity contribution in [2.24, 2.45) is 0 Å². The smallest absolute Gasteiger partial charge is 0.411 e. The molecule has 1 aromatic carbocycles. The minimum atomic E-state index is -1.11. The summed E-state index contributed by atoms with van der Waals surface area (Å²) in [5.41, 5.74) is -0.747. The molecule has 0 unspecified atom stereocenters. The molecule has 0 heterocycles. The lowest BCUT2D eigenvalue weighted by molar-refractivity contribution is -0.140. The summed E-state index contributed by atoms with van der Waals surface area (Å²) in [7, 11) is 0. The fraction of sp³-hybridized carbons (Fsp3) is 0.286. The topological polar surface area (TPSA) is 75.6 Å². The summed E-state index contributed by atoms with van der Waals surface area (Å²) in [5.74, 6) is -1.67. The predicted octanol–water partition coefficient (Wildman–Crippen LogP) is 2.68. The largest absolute Gasteiger partial charge is 0.481 e. The molecule has 1 fully saturated rings. The highest BCUT2D eigenvalue weighted by Gasteiger charge is 2.53. The fourth-order valence-corrected chi connectivity index (χ4v) is 1.99. The average Bonchev–Trinajstić information content (AvgIpc) is 3.18. The first kappa shape index (κ1) is 14.0. The Balaban J connectivity index is 2.12. The summed E-state index contributed by atoms with van der Waals surface area (Å²) in [6, 6.07) is 3.93. The van der Waals surface area contributed by atoms with Gasteiger partial charge in [-0.05, 0) is 25.0 Å². The van der Waals surface area contributed by atoms with Gasteiger partial charge in [-0.2, -0.15) is 0 Å². The number of anilines is 1. The third-order valence-electron chi connectivity index (χ3n) is 3.22. The third-order valence-corrected chi connectivity index (χ3v) is 3.22. The molecule has 6 heteroatoms. The van der Waals surface area contributed by atoms with E-state index in [4.69, 9.17) is 9.84 Å². The molecule has 2 N–H and O–H groups in total. The van der Waals surface area contributed by atoms with Gasteiger partial charge in [0.25, 0.3) is 0 Å². The van der Waals surface area contributed by atoms with Crippen molar-refractivity contribution >= 4 is 17.7 Å². The number of aliphatic carboxylic acids is 1. The second-order valence-electron chi connectivity index (χ2n) is 4.59. The standard InChI is InChI=1S/C14H14FNO4/c1-2-7-20-13(19)16-9-3-4-10(11(15)8-9)14(5-6-14)12(17)18/h2-4,8H,1,5-7H2,(H,16,19)(H,17,18). The van der Waals surface area contributed by atoms with E-state index in [2.05, 4.69) is 11.9 Å². The second kappa shape index (κ2) is 5.32. The van der Waals surface area contributed by atoms with Gasteiger partial charge in [-0.25, -0.2) is 9.18 Å². The van der Waals surface area contributed by atoms with Crippen LogP contribution in [0.25, 0.3) is 0 Å². The lowest BCUT2D eigenvalue weighted by atomic mass is 9.95. The normalized spacial score (nSPS) is 15.2. The van der Waals surface area contributed by atoms with E-state index in [0.717, 1.165) is 6.07 Å². The Hall–Kier alpha value is -2.37. The van der Waals surface area contributed by atoms with Gasteiger partial charge in [0.1, 0.15) is 12.4 Å². The van der Waals surface area contributed by atoms with Crippen LogP contribution in [0.15, 0.2) is 30.9 Å². The van der Waals surface area contributed by atoms with Crippen LogP contribution in [0, 0.1) is 5.82 Å². The number of carbonyl (C=O) groups excluding carboxylic acids is 1. The number of carbonyl (C=O) groups is 2. The Labute approximate surface area is 115 Å². The summed E-state index contributed by atoms with van der Waals surface area (Å²) >= 11 is 0. The number of benzene rings is 1. The molecule has 2 rings (SSSR count). The molecule has 20 heavy (non-hydrogen) atoms. The first-order chi connectivity index (χ1) is 9.49.